The number of carbonyl (C=O) groups excluding carboxylic acids is 3. The van der Waals surface area contributed by atoms with Gasteiger partial charge in [0.1, 0.15) is 5.82 Å². The summed E-state index contributed by atoms with van der Waals surface area (Å²) in [6, 6.07) is 9.15. The first-order valence-corrected chi connectivity index (χ1v) is 11.3. The van der Waals surface area contributed by atoms with Crippen molar-refractivity contribution >= 4 is 51.5 Å². The zero-order valence-corrected chi connectivity index (χ0v) is 18.9. The van der Waals surface area contributed by atoms with E-state index in [-0.39, 0.29) is 23.8 Å². The van der Waals surface area contributed by atoms with Crippen LogP contribution in [-0.4, -0.2) is 46.0 Å². The number of fused-ring (bicyclic) bond motifs is 1. The lowest BCUT2D eigenvalue weighted by Gasteiger charge is -2.14. The second-order valence-electron chi connectivity index (χ2n) is 8.04. The van der Waals surface area contributed by atoms with Crippen LogP contribution in [0, 0.1) is 0 Å². The van der Waals surface area contributed by atoms with Gasteiger partial charge in [0.05, 0.1) is 16.6 Å². The van der Waals surface area contributed by atoms with Crippen LogP contribution in [0.5, 0.6) is 0 Å². The van der Waals surface area contributed by atoms with Crippen LogP contribution in [0.1, 0.15) is 39.8 Å². The molecule has 3 amide bonds. The Bertz CT molecular complexity index is 1370. The molecule has 9 nitrogen and oxygen atoms in total. The predicted octanol–water partition coefficient (Wildman–Crippen LogP) is 3.75. The molecule has 1 aliphatic rings. The largest absolute Gasteiger partial charge is 0.349 e. The second-order valence-corrected chi connectivity index (χ2v) is 9.12. The lowest BCUT2D eigenvalue weighted by atomic mass is 10.1. The number of H-pyrrole nitrogens is 2. The van der Waals surface area contributed by atoms with E-state index in [1.807, 2.05) is 6.07 Å². The molecule has 0 radical (unpaired) electrons. The normalized spacial score (nSPS) is 13.2. The maximum atomic E-state index is 13.0. The molecule has 3 heterocycles. The summed E-state index contributed by atoms with van der Waals surface area (Å²) in [4.78, 5) is 43.9. The molecule has 3 aromatic heterocycles. The highest BCUT2D eigenvalue weighted by atomic mass is 32.1. The van der Waals surface area contributed by atoms with Crippen molar-refractivity contribution in [2.75, 3.05) is 17.3 Å². The van der Waals surface area contributed by atoms with Crippen LogP contribution < -0.4 is 15.5 Å². The summed E-state index contributed by atoms with van der Waals surface area (Å²) in [5.74, 6) is -0.332. The Labute approximate surface area is 193 Å². The first kappa shape index (κ1) is 21.0. The van der Waals surface area contributed by atoms with Crippen LogP contribution in [0.15, 0.2) is 42.7 Å². The summed E-state index contributed by atoms with van der Waals surface area (Å²) in [6.45, 7) is 1.48. The Hall–Kier alpha value is -3.92. The van der Waals surface area contributed by atoms with E-state index in [4.69, 9.17) is 0 Å². The predicted molar refractivity (Wildman–Crippen MR) is 128 cm³/mol. The molecular weight excluding hydrogens is 440 g/mol. The summed E-state index contributed by atoms with van der Waals surface area (Å²) in [6.07, 6.45) is 5.37. The molecule has 1 aromatic carbocycles. The van der Waals surface area contributed by atoms with Crippen molar-refractivity contribution in [3.63, 3.8) is 0 Å². The highest BCUT2D eigenvalue weighted by Gasteiger charge is 2.28. The van der Waals surface area contributed by atoms with Crippen LogP contribution in [0.3, 0.4) is 0 Å². The number of anilines is 2. The van der Waals surface area contributed by atoms with Gasteiger partial charge in [-0.05, 0) is 43.2 Å². The van der Waals surface area contributed by atoms with Crippen molar-refractivity contribution in [3.05, 3.63) is 53.2 Å². The minimum atomic E-state index is -0.317. The van der Waals surface area contributed by atoms with Crippen molar-refractivity contribution in [1.82, 2.24) is 20.5 Å². The van der Waals surface area contributed by atoms with E-state index < -0.39 is 0 Å². The van der Waals surface area contributed by atoms with Gasteiger partial charge < -0.3 is 20.5 Å². The van der Waals surface area contributed by atoms with Gasteiger partial charge in [-0.15, -0.1) is 11.3 Å². The van der Waals surface area contributed by atoms with Crippen molar-refractivity contribution < 1.29 is 14.4 Å². The third-order valence-electron chi connectivity index (χ3n) is 5.63. The SMILES string of the molecule is CC(=O)N(C)c1ccc2c(C(=O)NC3CC3)c(NC(=O)c3ccc(-c4cn[nH]c4)s3)[nH]c2c1. The van der Waals surface area contributed by atoms with Crippen molar-refractivity contribution in [2.24, 2.45) is 0 Å². The molecule has 1 saturated carbocycles. The van der Waals surface area contributed by atoms with Gasteiger partial charge >= 0.3 is 0 Å². The van der Waals surface area contributed by atoms with Crippen LogP contribution in [-0.2, 0) is 4.79 Å². The molecule has 1 fully saturated rings. The Morgan fingerprint density at radius 2 is 1.97 bits per heavy atom. The van der Waals surface area contributed by atoms with Crippen LogP contribution >= 0.6 is 11.3 Å². The molecule has 1 aliphatic carbocycles. The Morgan fingerprint density at radius 1 is 1.15 bits per heavy atom. The average molecular weight is 463 g/mol. The van der Waals surface area contributed by atoms with E-state index in [2.05, 4.69) is 25.8 Å². The average Bonchev–Trinajstić information content (AvgIpc) is 3.21. The maximum Gasteiger partial charge on any atom is 0.266 e. The molecule has 0 bridgehead atoms. The molecule has 4 aromatic rings. The van der Waals surface area contributed by atoms with Gasteiger partial charge in [0.15, 0.2) is 0 Å². The summed E-state index contributed by atoms with van der Waals surface area (Å²) >= 11 is 1.34. The molecule has 4 N–H and O–H groups in total. The van der Waals surface area contributed by atoms with E-state index in [9.17, 15) is 14.4 Å². The van der Waals surface area contributed by atoms with E-state index >= 15 is 0 Å². The summed E-state index contributed by atoms with van der Waals surface area (Å²) in [5.41, 5.74) is 2.62. The number of hydrogen-bond acceptors (Lipinski definition) is 5. The Kier molecular flexibility index (Phi) is 5.21. The summed E-state index contributed by atoms with van der Waals surface area (Å²) in [7, 11) is 1.68. The third kappa shape index (κ3) is 4.12. The highest BCUT2D eigenvalue weighted by molar-refractivity contribution is 7.17. The fourth-order valence-electron chi connectivity index (χ4n) is 3.57. The number of thiophene rings is 1. The summed E-state index contributed by atoms with van der Waals surface area (Å²) < 4.78 is 0. The number of carbonyl (C=O) groups is 3. The van der Waals surface area contributed by atoms with Gasteiger partial charge in [0.25, 0.3) is 11.8 Å². The van der Waals surface area contributed by atoms with E-state index in [1.165, 1.54) is 23.2 Å². The highest BCUT2D eigenvalue weighted by Crippen LogP contribution is 2.32. The molecule has 0 saturated heterocycles. The molecule has 0 spiro atoms. The smallest absolute Gasteiger partial charge is 0.266 e. The molecular formula is C23H22N6O3S. The quantitative estimate of drug-likeness (QED) is 0.348. The van der Waals surface area contributed by atoms with Crippen LogP contribution in [0.2, 0.25) is 0 Å². The van der Waals surface area contributed by atoms with Gasteiger partial charge in [-0.1, -0.05) is 0 Å². The standard InChI is InChI=1S/C23H22N6O3S/c1-12(30)29(2)15-5-6-16-17(9-15)27-21(20(16)23(32)26-14-3-4-14)28-22(31)19-8-7-18(33-19)13-10-24-25-11-13/h5-11,14,27H,3-4H2,1-2H3,(H,24,25)(H,26,32)(H,28,31). The van der Waals surface area contributed by atoms with Gasteiger partial charge in [0.2, 0.25) is 5.91 Å². The van der Waals surface area contributed by atoms with Gasteiger partial charge in [-0.2, -0.15) is 5.10 Å². The van der Waals surface area contributed by atoms with Crippen molar-refractivity contribution in [1.29, 1.82) is 0 Å². The number of aromatic amines is 2. The number of aromatic nitrogens is 3. The second kappa shape index (κ2) is 8.21. The van der Waals surface area contributed by atoms with Crippen LogP contribution in [0.25, 0.3) is 21.3 Å². The Morgan fingerprint density at radius 3 is 2.67 bits per heavy atom. The first-order valence-electron chi connectivity index (χ1n) is 10.5. The molecule has 168 valence electrons. The molecule has 0 atom stereocenters. The van der Waals surface area contributed by atoms with E-state index in [1.54, 1.807) is 43.7 Å². The number of benzene rings is 1. The zero-order valence-electron chi connectivity index (χ0n) is 18.1. The third-order valence-corrected chi connectivity index (χ3v) is 6.77. The summed E-state index contributed by atoms with van der Waals surface area (Å²) in [5, 5.41) is 13.3. The monoisotopic (exact) mass is 462 g/mol. The fourth-order valence-corrected chi connectivity index (χ4v) is 4.45. The van der Waals surface area contributed by atoms with Gasteiger partial charge in [-0.3, -0.25) is 19.5 Å². The molecule has 10 heteroatoms. The maximum absolute atomic E-state index is 13.0. The van der Waals surface area contributed by atoms with Crippen molar-refractivity contribution in [2.45, 2.75) is 25.8 Å². The van der Waals surface area contributed by atoms with Crippen LogP contribution in [0.4, 0.5) is 11.5 Å². The lowest BCUT2D eigenvalue weighted by Crippen LogP contribution is -2.26. The molecule has 0 aliphatic heterocycles. The molecule has 33 heavy (non-hydrogen) atoms. The molecule has 5 rings (SSSR count). The fraction of sp³-hybridized carbons (Fsp3) is 0.217. The van der Waals surface area contributed by atoms with Gasteiger partial charge in [0, 0.05) is 53.2 Å². The topological polar surface area (TPSA) is 123 Å². The number of amides is 3. The number of rotatable bonds is 6. The minimum Gasteiger partial charge on any atom is -0.349 e. The van der Waals surface area contributed by atoms with E-state index in [0.29, 0.717) is 32.8 Å². The lowest BCUT2D eigenvalue weighted by molar-refractivity contribution is -0.116. The number of hydrogen-bond donors (Lipinski definition) is 4. The first-order chi connectivity index (χ1) is 15.9. The van der Waals surface area contributed by atoms with Crippen molar-refractivity contribution in [3.8, 4) is 10.4 Å². The number of nitrogens with zero attached hydrogens (tertiary/aromatic N) is 2. The minimum absolute atomic E-state index is 0.104. The Balaban J connectivity index is 1.49. The zero-order chi connectivity index (χ0) is 23.1. The molecule has 0 unspecified atom stereocenters. The number of nitrogens with one attached hydrogen (secondary N) is 4. The van der Waals surface area contributed by atoms with Gasteiger partial charge in [-0.25, -0.2) is 0 Å². The van der Waals surface area contributed by atoms with E-state index in [0.717, 1.165) is 23.3 Å².